The van der Waals surface area contributed by atoms with Crippen LogP contribution in [0.3, 0.4) is 0 Å². The van der Waals surface area contributed by atoms with Crippen molar-refractivity contribution >= 4 is 9.84 Å². The molecule has 6 heteroatoms. The molecule has 0 aromatic carbocycles. The molecule has 100 valence electrons. The fourth-order valence-electron chi connectivity index (χ4n) is 1.42. The standard InChI is InChI=1S/C11H22N2O3S/c1-3-17(14,15)11-5-8-13(7-4-6-12)9-10-16-2/h3-5,7-11H2,1-2H3. The molecular formula is C11H22N2O3S. The number of methoxy groups -OCH3 is 1. The quantitative estimate of drug-likeness (QED) is 0.579. The summed E-state index contributed by atoms with van der Waals surface area (Å²) in [5.74, 6) is 0.419. The lowest BCUT2D eigenvalue weighted by molar-refractivity contribution is 0.149. The molecule has 0 aliphatic heterocycles. The van der Waals surface area contributed by atoms with E-state index in [2.05, 4.69) is 11.0 Å². The number of nitrogens with zero attached hydrogens (tertiary/aromatic N) is 2. The Bertz CT molecular complexity index is 322. The first kappa shape index (κ1) is 16.4. The molecule has 0 spiro atoms. The van der Waals surface area contributed by atoms with E-state index < -0.39 is 9.84 Å². The summed E-state index contributed by atoms with van der Waals surface area (Å²) in [6, 6.07) is 2.09. The van der Waals surface area contributed by atoms with Crippen molar-refractivity contribution in [1.29, 1.82) is 5.26 Å². The van der Waals surface area contributed by atoms with E-state index in [-0.39, 0.29) is 11.5 Å². The van der Waals surface area contributed by atoms with Gasteiger partial charge in [-0.15, -0.1) is 0 Å². The molecule has 0 atom stereocenters. The van der Waals surface area contributed by atoms with E-state index in [1.54, 1.807) is 14.0 Å². The summed E-state index contributed by atoms with van der Waals surface area (Å²) in [5, 5.41) is 8.53. The van der Waals surface area contributed by atoms with Gasteiger partial charge in [-0.2, -0.15) is 5.26 Å². The number of hydrogen-bond acceptors (Lipinski definition) is 5. The minimum atomic E-state index is -2.88. The van der Waals surface area contributed by atoms with Gasteiger partial charge >= 0.3 is 0 Å². The Morgan fingerprint density at radius 2 is 2.00 bits per heavy atom. The van der Waals surface area contributed by atoms with Crippen molar-refractivity contribution in [3.8, 4) is 6.07 Å². The van der Waals surface area contributed by atoms with Gasteiger partial charge in [0.15, 0.2) is 0 Å². The molecule has 0 radical (unpaired) electrons. The maximum Gasteiger partial charge on any atom is 0.150 e. The summed E-state index contributed by atoms with van der Waals surface area (Å²) in [6.45, 7) is 4.38. The third-order valence-electron chi connectivity index (χ3n) is 2.52. The SMILES string of the molecule is CCS(=O)(=O)CCCN(CCC#N)CCOC. The molecule has 0 fully saturated rings. The van der Waals surface area contributed by atoms with Crippen molar-refractivity contribution in [3.63, 3.8) is 0 Å². The highest BCUT2D eigenvalue weighted by molar-refractivity contribution is 7.91. The van der Waals surface area contributed by atoms with Crippen LogP contribution in [0.2, 0.25) is 0 Å². The molecule has 0 heterocycles. The third-order valence-corrected chi connectivity index (χ3v) is 4.31. The summed E-state index contributed by atoms with van der Waals surface area (Å²) in [7, 11) is -1.25. The highest BCUT2D eigenvalue weighted by Gasteiger charge is 2.09. The van der Waals surface area contributed by atoms with Crippen molar-refractivity contribution in [2.24, 2.45) is 0 Å². The first-order valence-corrected chi connectivity index (χ1v) is 7.66. The van der Waals surface area contributed by atoms with Crippen molar-refractivity contribution in [1.82, 2.24) is 4.90 Å². The molecule has 0 saturated heterocycles. The van der Waals surface area contributed by atoms with Crippen LogP contribution < -0.4 is 0 Å². The topological polar surface area (TPSA) is 70.4 Å². The van der Waals surface area contributed by atoms with Crippen molar-refractivity contribution < 1.29 is 13.2 Å². The van der Waals surface area contributed by atoms with Gasteiger partial charge in [-0.1, -0.05) is 6.92 Å². The van der Waals surface area contributed by atoms with Crippen LogP contribution in [0.25, 0.3) is 0 Å². The van der Waals surface area contributed by atoms with Crippen LogP contribution >= 0.6 is 0 Å². The molecule has 0 amide bonds. The van der Waals surface area contributed by atoms with Gasteiger partial charge in [0.25, 0.3) is 0 Å². The van der Waals surface area contributed by atoms with Gasteiger partial charge in [0.05, 0.1) is 18.4 Å². The van der Waals surface area contributed by atoms with Crippen LogP contribution in [0.4, 0.5) is 0 Å². The second-order valence-corrected chi connectivity index (χ2v) is 6.31. The smallest absolute Gasteiger partial charge is 0.150 e. The Morgan fingerprint density at radius 3 is 2.53 bits per heavy atom. The summed E-state index contributed by atoms with van der Waals surface area (Å²) in [4.78, 5) is 2.07. The molecule has 0 aromatic rings. The average Bonchev–Trinajstić information content (AvgIpc) is 2.31. The van der Waals surface area contributed by atoms with Gasteiger partial charge in [0.1, 0.15) is 9.84 Å². The van der Waals surface area contributed by atoms with Gasteiger partial charge in [0.2, 0.25) is 0 Å². The molecule has 5 nitrogen and oxygen atoms in total. The predicted molar refractivity (Wildman–Crippen MR) is 67.5 cm³/mol. The first-order chi connectivity index (χ1) is 8.05. The van der Waals surface area contributed by atoms with E-state index in [0.29, 0.717) is 32.5 Å². The van der Waals surface area contributed by atoms with Crippen LogP contribution in [-0.4, -0.2) is 58.2 Å². The number of hydrogen-bond donors (Lipinski definition) is 0. The van der Waals surface area contributed by atoms with E-state index >= 15 is 0 Å². The molecule has 0 aliphatic rings. The maximum absolute atomic E-state index is 11.3. The minimum absolute atomic E-state index is 0.198. The van der Waals surface area contributed by atoms with Crippen LogP contribution in [-0.2, 0) is 14.6 Å². The van der Waals surface area contributed by atoms with E-state index in [1.165, 1.54) is 0 Å². The first-order valence-electron chi connectivity index (χ1n) is 5.84. The number of sulfone groups is 1. The third kappa shape index (κ3) is 9.10. The summed E-state index contributed by atoms with van der Waals surface area (Å²) in [6.07, 6.45) is 1.08. The van der Waals surface area contributed by atoms with Crippen LogP contribution in [0.15, 0.2) is 0 Å². The Kier molecular flexibility index (Phi) is 9.04. The molecule has 0 rings (SSSR count). The number of nitriles is 1. The lowest BCUT2D eigenvalue weighted by atomic mass is 10.3. The zero-order valence-corrected chi connectivity index (χ0v) is 11.5. The van der Waals surface area contributed by atoms with E-state index in [1.807, 2.05) is 0 Å². The van der Waals surface area contributed by atoms with Gasteiger partial charge in [-0.25, -0.2) is 8.42 Å². The highest BCUT2D eigenvalue weighted by atomic mass is 32.2. The molecule has 0 unspecified atom stereocenters. The summed E-state index contributed by atoms with van der Waals surface area (Å²) in [5.41, 5.74) is 0. The van der Waals surface area contributed by atoms with Crippen molar-refractivity contribution in [2.75, 3.05) is 44.9 Å². The molecule has 0 aliphatic carbocycles. The Morgan fingerprint density at radius 1 is 1.29 bits per heavy atom. The average molecular weight is 262 g/mol. The van der Waals surface area contributed by atoms with Gasteiger partial charge < -0.3 is 4.74 Å². The fraction of sp³-hybridized carbons (Fsp3) is 0.909. The fourth-order valence-corrected chi connectivity index (χ4v) is 2.27. The molecule has 17 heavy (non-hydrogen) atoms. The maximum atomic E-state index is 11.3. The Balaban J connectivity index is 3.94. The van der Waals surface area contributed by atoms with Crippen molar-refractivity contribution in [3.05, 3.63) is 0 Å². The lowest BCUT2D eigenvalue weighted by Gasteiger charge is -2.20. The highest BCUT2D eigenvalue weighted by Crippen LogP contribution is 1.98. The zero-order chi connectivity index (χ0) is 13.1. The molecule has 0 saturated carbocycles. The predicted octanol–water partition coefficient (Wildman–Crippen LogP) is 0.673. The second kappa shape index (κ2) is 9.40. The van der Waals surface area contributed by atoms with E-state index in [0.717, 1.165) is 6.54 Å². The Labute approximate surface area is 104 Å². The Hall–Kier alpha value is -0.640. The van der Waals surface area contributed by atoms with Gasteiger partial charge in [-0.05, 0) is 13.0 Å². The molecule has 0 aromatic heterocycles. The molecule has 0 bridgehead atoms. The van der Waals surface area contributed by atoms with Crippen LogP contribution in [0.5, 0.6) is 0 Å². The van der Waals surface area contributed by atoms with Crippen LogP contribution in [0, 0.1) is 11.3 Å². The number of rotatable bonds is 10. The second-order valence-electron chi connectivity index (χ2n) is 3.83. The molecular weight excluding hydrogens is 240 g/mol. The van der Waals surface area contributed by atoms with Gasteiger partial charge in [0, 0.05) is 32.4 Å². The largest absolute Gasteiger partial charge is 0.383 e. The number of ether oxygens (including phenoxy) is 1. The molecule has 0 N–H and O–H groups in total. The van der Waals surface area contributed by atoms with Crippen LogP contribution in [0.1, 0.15) is 19.8 Å². The normalized spacial score (nSPS) is 11.6. The monoisotopic (exact) mass is 262 g/mol. The minimum Gasteiger partial charge on any atom is -0.383 e. The van der Waals surface area contributed by atoms with Crippen molar-refractivity contribution in [2.45, 2.75) is 19.8 Å². The van der Waals surface area contributed by atoms with E-state index in [4.69, 9.17) is 10.00 Å². The summed E-state index contributed by atoms with van der Waals surface area (Å²) < 4.78 is 27.6. The van der Waals surface area contributed by atoms with Gasteiger partial charge in [-0.3, -0.25) is 4.90 Å². The van der Waals surface area contributed by atoms with E-state index in [9.17, 15) is 8.42 Å². The zero-order valence-electron chi connectivity index (χ0n) is 10.7. The lowest BCUT2D eigenvalue weighted by Crippen LogP contribution is -2.30. The summed E-state index contributed by atoms with van der Waals surface area (Å²) >= 11 is 0.